The van der Waals surface area contributed by atoms with Crippen molar-refractivity contribution in [3.05, 3.63) is 46.6 Å². The Morgan fingerprint density at radius 1 is 0.952 bits per heavy atom. The molecule has 114 valence electrons. The molecule has 0 radical (unpaired) electrons. The van der Waals surface area contributed by atoms with Crippen LogP contribution in [-0.4, -0.2) is 6.54 Å². The largest absolute Gasteiger partial charge is 0.460 e. The van der Waals surface area contributed by atoms with E-state index >= 15 is 0 Å². The fourth-order valence-corrected chi connectivity index (χ4v) is 2.57. The third kappa shape index (κ3) is 5.68. The Hall–Kier alpha value is -1.06. The molecule has 0 aliphatic heterocycles. The van der Waals surface area contributed by atoms with E-state index in [-0.39, 0.29) is 0 Å². The van der Waals surface area contributed by atoms with Gasteiger partial charge in [-0.05, 0) is 37.2 Å². The Labute approximate surface area is 136 Å². The molecular formula is C18H24BrNO. The lowest BCUT2D eigenvalue weighted by atomic mass is 10.1. The first kappa shape index (κ1) is 16.3. The Kier molecular flexibility index (Phi) is 7.04. The van der Waals surface area contributed by atoms with E-state index in [2.05, 4.69) is 46.4 Å². The standard InChI is InChI=1S/C18H24BrNO/c1-2-3-4-5-6-13-20-14-17-11-12-18(21-17)15-7-9-16(19)10-8-15/h7-12,20H,2-6,13-14H2,1H3. The molecule has 0 amide bonds. The van der Waals surface area contributed by atoms with Crippen LogP contribution in [0.5, 0.6) is 0 Å². The summed E-state index contributed by atoms with van der Waals surface area (Å²) < 4.78 is 6.96. The number of hydrogen-bond donors (Lipinski definition) is 1. The highest BCUT2D eigenvalue weighted by Gasteiger charge is 2.04. The number of furan rings is 1. The van der Waals surface area contributed by atoms with E-state index in [9.17, 15) is 0 Å². The van der Waals surface area contributed by atoms with E-state index in [0.717, 1.165) is 34.6 Å². The van der Waals surface area contributed by atoms with Gasteiger partial charge in [0.15, 0.2) is 0 Å². The van der Waals surface area contributed by atoms with Gasteiger partial charge in [-0.15, -0.1) is 0 Å². The zero-order valence-electron chi connectivity index (χ0n) is 12.7. The van der Waals surface area contributed by atoms with Crippen molar-refractivity contribution in [2.45, 2.75) is 45.6 Å². The minimum absolute atomic E-state index is 0.810. The molecule has 0 saturated carbocycles. The third-order valence-corrected chi connectivity index (χ3v) is 4.08. The Morgan fingerprint density at radius 3 is 2.48 bits per heavy atom. The predicted molar refractivity (Wildman–Crippen MR) is 92.3 cm³/mol. The lowest BCUT2D eigenvalue weighted by Gasteiger charge is -2.03. The summed E-state index contributed by atoms with van der Waals surface area (Å²) in [4.78, 5) is 0. The van der Waals surface area contributed by atoms with Crippen LogP contribution in [0.25, 0.3) is 11.3 Å². The first-order chi connectivity index (χ1) is 10.3. The van der Waals surface area contributed by atoms with Gasteiger partial charge in [0.25, 0.3) is 0 Å². The molecule has 2 rings (SSSR count). The fraction of sp³-hybridized carbons (Fsp3) is 0.444. The van der Waals surface area contributed by atoms with Gasteiger partial charge >= 0.3 is 0 Å². The van der Waals surface area contributed by atoms with Crippen LogP contribution in [0.3, 0.4) is 0 Å². The first-order valence-electron chi connectivity index (χ1n) is 7.85. The van der Waals surface area contributed by atoms with Crippen LogP contribution in [0.2, 0.25) is 0 Å². The number of nitrogens with one attached hydrogen (secondary N) is 1. The summed E-state index contributed by atoms with van der Waals surface area (Å²) in [6.07, 6.45) is 6.59. The third-order valence-electron chi connectivity index (χ3n) is 3.55. The molecule has 0 atom stereocenters. The highest BCUT2D eigenvalue weighted by atomic mass is 79.9. The van der Waals surface area contributed by atoms with Gasteiger partial charge in [0.05, 0.1) is 6.54 Å². The van der Waals surface area contributed by atoms with Crippen molar-refractivity contribution in [2.75, 3.05) is 6.54 Å². The van der Waals surface area contributed by atoms with Gasteiger partial charge in [-0.25, -0.2) is 0 Å². The number of rotatable bonds is 9. The van der Waals surface area contributed by atoms with Crippen LogP contribution in [-0.2, 0) is 6.54 Å². The Morgan fingerprint density at radius 2 is 1.71 bits per heavy atom. The van der Waals surface area contributed by atoms with E-state index in [1.165, 1.54) is 32.1 Å². The summed E-state index contributed by atoms with van der Waals surface area (Å²) in [6.45, 7) is 4.13. The quantitative estimate of drug-likeness (QED) is 0.581. The molecule has 0 fully saturated rings. The van der Waals surface area contributed by atoms with Crippen LogP contribution < -0.4 is 5.32 Å². The molecule has 0 spiro atoms. The molecule has 0 saturated heterocycles. The van der Waals surface area contributed by atoms with Gasteiger partial charge in [-0.3, -0.25) is 0 Å². The normalized spacial score (nSPS) is 11.0. The predicted octanol–water partition coefficient (Wildman–Crippen LogP) is 5.77. The van der Waals surface area contributed by atoms with E-state index in [1.807, 2.05) is 18.2 Å². The van der Waals surface area contributed by atoms with Crippen molar-refractivity contribution >= 4 is 15.9 Å². The molecular weight excluding hydrogens is 326 g/mol. The van der Waals surface area contributed by atoms with Crippen LogP contribution in [0.15, 0.2) is 45.3 Å². The van der Waals surface area contributed by atoms with E-state index in [0.29, 0.717) is 0 Å². The van der Waals surface area contributed by atoms with E-state index < -0.39 is 0 Å². The molecule has 1 N–H and O–H groups in total. The molecule has 0 aliphatic carbocycles. The van der Waals surface area contributed by atoms with Gasteiger partial charge in [-0.2, -0.15) is 0 Å². The minimum atomic E-state index is 0.810. The average Bonchev–Trinajstić information content (AvgIpc) is 2.96. The second-order valence-corrected chi connectivity index (χ2v) is 6.28. The van der Waals surface area contributed by atoms with Crippen molar-refractivity contribution < 1.29 is 4.42 Å². The maximum absolute atomic E-state index is 5.88. The maximum atomic E-state index is 5.88. The minimum Gasteiger partial charge on any atom is -0.460 e. The van der Waals surface area contributed by atoms with E-state index in [4.69, 9.17) is 4.42 Å². The first-order valence-corrected chi connectivity index (χ1v) is 8.64. The lowest BCUT2D eigenvalue weighted by molar-refractivity contribution is 0.486. The molecule has 3 heteroatoms. The van der Waals surface area contributed by atoms with E-state index in [1.54, 1.807) is 0 Å². The molecule has 0 bridgehead atoms. The zero-order valence-corrected chi connectivity index (χ0v) is 14.3. The molecule has 1 aromatic carbocycles. The number of halogens is 1. The molecule has 2 aromatic rings. The average molecular weight is 350 g/mol. The molecule has 0 unspecified atom stereocenters. The molecule has 0 aliphatic rings. The summed E-state index contributed by atoms with van der Waals surface area (Å²) in [6, 6.07) is 12.3. The van der Waals surface area contributed by atoms with Crippen molar-refractivity contribution in [1.82, 2.24) is 5.32 Å². The maximum Gasteiger partial charge on any atom is 0.134 e. The van der Waals surface area contributed by atoms with Gasteiger partial charge in [0, 0.05) is 10.0 Å². The summed E-state index contributed by atoms with van der Waals surface area (Å²) in [5, 5.41) is 3.45. The van der Waals surface area contributed by atoms with Crippen LogP contribution in [0, 0.1) is 0 Å². The summed E-state index contributed by atoms with van der Waals surface area (Å²) in [7, 11) is 0. The molecule has 1 aromatic heterocycles. The van der Waals surface area contributed by atoms with Gasteiger partial charge < -0.3 is 9.73 Å². The van der Waals surface area contributed by atoms with Gasteiger partial charge in [0.2, 0.25) is 0 Å². The second-order valence-electron chi connectivity index (χ2n) is 5.36. The number of hydrogen-bond acceptors (Lipinski definition) is 2. The lowest BCUT2D eigenvalue weighted by Crippen LogP contribution is -2.14. The zero-order chi connectivity index (χ0) is 14.9. The smallest absolute Gasteiger partial charge is 0.134 e. The number of unbranched alkanes of at least 4 members (excludes halogenated alkanes) is 4. The molecule has 2 nitrogen and oxygen atoms in total. The van der Waals surface area contributed by atoms with Crippen molar-refractivity contribution in [3.63, 3.8) is 0 Å². The summed E-state index contributed by atoms with van der Waals surface area (Å²) in [5.74, 6) is 1.93. The van der Waals surface area contributed by atoms with Gasteiger partial charge in [-0.1, -0.05) is 60.7 Å². The van der Waals surface area contributed by atoms with Crippen LogP contribution in [0.4, 0.5) is 0 Å². The summed E-state index contributed by atoms with van der Waals surface area (Å²) in [5.41, 5.74) is 1.11. The molecule has 1 heterocycles. The molecule has 21 heavy (non-hydrogen) atoms. The topological polar surface area (TPSA) is 25.2 Å². The summed E-state index contributed by atoms with van der Waals surface area (Å²) >= 11 is 3.45. The highest BCUT2D eigenvalue weighted by molar-refractivity contribution is 9.10. The fourth-order valence-electron chi connectivity index (χ4n) is 2.31. The highest BCUT2D eigenvalue weighted by Crippen LogP contribution is 2.23. The van der Waals surface area contributed by atoms with Crippen LogP contribution in [0.1, 0.15) is 44.8 Å². The van der Waals surface area contributed by atoms with Crippen molar-refractivity contribution in [2.24, 2.45) is 0 Å². The van der Waals surface area contributed by atoms with Crippen LogP contribution >= 0.6 is 15.9 Å². The Balaban J connectivity index is 1.72. The van der Waals surface area contributed by atoms with Gasteiger partial charge in [0.1, 0.15) is 11.5 Å². The monoisotopic (exact) mass is 349 g/mol. The second kappa shape index (κ2) is 9.06. The van der Waals surface area contributed by atoms with Crippen molar-refractivity contribution in [1.29, 1.82) is 0 Å². The van der Waals surface area contributed by atoms with Crippen molar-refractivity contribution in [3.8, 4) is 11.3 Å². The number of benzene rings is 1. The Bertz CT molecular complexity index is 518. The SMILES string of the molecule is CCCCCCCNCc1ccc(-c2ccc(Br)cc2)o1.